The molecule has 0 radical (unpaired) electrons. The van der Waals surface area contributed by atoms with Crippen LogP contribution in [0.15, 0.2) is 0 Å². The van der Waals surface area contributed by atoms with Gasteiger partial charge in [-0.1, -0.05) is 15.9 Å². The van der Waals surface area contributed by atoms with Gasteiger partial charge in [-0.2, -0.15) is 5.06 Å². The summed E-state index contributed by atoms with van der Waals surface area (Å²) < 4.78 is 0. The van der Waals surface area contributed by atoms with Gasteiger partial charge in [0, 0.05) is 0 Å². The molecule has 0 spiro atoms. The van der Waals surface area contributed by atoms with Crippen molar-refractivity contribution in [2.75, 3.05) is 11.9 Å². The van der Waals surface area contributed by atoms with Crippen LogP contribution in [0, 0.1) is 0 Å². The van der Waals surface area contributed by atoms with Gasteiger partial charge in [-0.05, 0) is 0 Å². The molecule has 10 heavy (non-hydrogen) atoms. The average molecular weight is 208 g/mol. The summed E-state index contributed by atoms with van der Waals surface area (Å²) in [7, 11) is 0. The summed E-state index contributed by atoms with van der Waals surface area (Å²) in [6, 6.07) is 0. The number of β-lactam (4-membered cyclic amide) rings is 1. The van der Waals surface area contributed by atoms with Gasteiger partial charge in [0.2, 0.25) is 0 Å². The fourth-order valence-electron chi connectivity index (χ4n) is 0.538. The predicted molar refractivity (Wildman–Crippen MR) is 36.2 cm³/mol. The van der Waals surface area contributed by atoms with E-state index >= 15 is 0 Å². The van der Waals surface area contributed by atoms with E-state index in [-0.39, 0.29) is 11.2 Å². The normalized spacial score (nSPS) is 16.5. The first kappa shape index (κ1) is 7.53. The minimum Gasteiger partial charge on any atom is -0.337 e. The van der Waals surface area contributed by atoms with Crippen LogP contribution in [-0.2, 0) is 14.4 Å². The van der Waals surface area contributed by atoms with Crippen LogP contribution in [0.2, 0.25) is 0 Å². The molecule has 0 unspecified atom stereocenters. The number of alkyl halides is 1. The second kappa shape index (κ2) is 3.01. The summed E-state index contributed by atoms with van der Waals surface area (Å²) in [4.78, 5) is 25.6. The van der Waals surface area contributed by atoms with E-state index in [0.29, 0.717) is 13.0 Å². The SMILES string of the molecule is O=C(CBr)ON1CCC1=O. The maximum atomic E-state index is 10.5. The number of hydrogen-bond donors (Lipinski definition) is 0. The summed E-state index contributed by atoms with van der Waals surface area (Å²) in [5.74, 6) is -0.567. The Labute approximate surface area is 66.2 Å². The van der Waals surface area contributed by atoms with Crippen LogP contribution >= 0.6 is 15.9 Å². The molecule has 4 nitrogen and oxygen atoms in total. The zero-order chi connectivity index (χ0) is 7.56. The van der Waals surface area contributed by atoms with Crippen molar-refractivity contribution in [2.45, 2.75) is 6.42 Å². The maximum Gasteiger partial charge on any atom is 0.342 e. The third kappa shape index (κ3) is 1.47. The first-order chi connectivity index (χ1) is 4.74. The Bertz CT molecular complexity index is 170. The van der Waals surface area contributed by atoms with Crippen LogP contribution in [0.4, 0.5) is 0 Å². The van der Waals surface area contributed by atoms with Crippen molar-refractivity contribution in [1.29, 1.82) is 0 Å². The summed E-state index contributed by atoms with van der Waals surface area (Å²) in [5, 5.41) is 1.18. The Morgan fingerprint density at radius 3 is 2.80 bits per heavy atom. The van der Waals surface area contributed by atoms with E-state index in [4.69, 9.17) is 0 Å². The first-order valence-corrected chi connectivity index (χ1v) is 3.93. The molecule has 1 rings (SSSR count). The van der Waals surface area contributed by atoms with Crippen molar-refractivity contribution in [3.63, 3.8) is 0 Å². The molecule has 0 aromatic heterocycles. The maximum absolute atomic E-state index is 10.5. The lowest BCUT2D eigenvalue weighted by molar-refractivity contribution is -0.209. The molecule has 0 atom stereocenters. The molecule has 1 amide bonds. The monoisotopic (exact) mass is 207 g/mol. The summed E-state index contributed by atoms with van der Waals surface area (Å²) in [6.45, 7) is 0.525. The van der Waals surface area contributed by atoms with Crippen molar-refractivity contribution in [3.05, 3.63) is 0 Å². The molecule has 1 heterocycles. The van der Waals surface area contributed by atoms with E-state index in [1.807, 2.05) is 0 Å². The lowest BCUT2D eigenvalue weighted by atomic mass is 10.3. The Morgan fingerprint density at radius 2 is 2.50 bits per heavy atom. The third-order valence-electron chi connectivity index (χ3n) is 1.13. The van der Waals surface area contributed by atoms with E-state index in [1.54, 1.807) is 0 Å². The van der Waals surface area contributed by atoms with Gasteiger partial charge < -0.3 is 4.84 Å². The molecule has 0 aliphatic carbocycles. The highest BCUT2D eigenvalue weighted by molar-refractivity contribution is 9.09. The number of nitrogens with zero attached hydrogens (tertiary/aromatic N) is 1. The number of halogens is 1. The molecule has 1 aliphatic rings. The minimum atomic E-state index is -0.437. The van der Waals surface area contributed by atoms with Crippen molar-refractivity contribution in [3.8, 4) is 0 Å². The van der Waals surface area contributed by atoms with E-state index < -0.39 is 5.97 Å². The topological polar surface area (TPSA) is 46.6 Å². The first-order valence-electron chi connectivity index (χ1n) is 2.81. The smallest absolute Gasteiger partial charge is 0.337 e. The molecular weight excluding hydrogens is 202 g/mol. The molecule has 0 aromatic rings. The molecule has 0 saturated carbocycles. The predicted octanol–water partition coefficient (Wildman–Crippen LogP) is 0.0718. The second-order valence-corrected chi connectivity index (χ2v) is 2.40. The fourth-order valence-corrected chi connectivity index (χ4v) is 0.641. The Kier molecular flexibility index (Phi) is 2.26. The molecule has 1 aliphatic heterocycles. The van der Waals surface area contributed by atoms with Gasteiger partial charge in [0.1, 0.15) is 5.33 Å². The van der Waals surface area contributed by atoms with E-state index in [0.717, 1.165) is 5.06 Å². The van der Waals surface area contributed by atoms with Gasteiger partial charge in [0.15, 0.2) is 0 Å². The second-order valence-electron chi connectivity index (χ2n) is 1.84. The minimum absolute atomic E-state index is 0.122. The van der Waals surface area contributed by atoms with Gasteiger partial charge in [0.05, 0.1) is 13.0 Å². The van der Waals surface area contributed by atoms with Crippen LogP contribution in [0.5, 0.6) is 0 Å². The van der Waals surface area contributed by atoms with Gasteiger partial charge in [0.25, 0.3) is 5.91 Å². The Balaban J connectivity index is 2.25. The van der Waals surface area contributed by atoms with E-state index in [2.05, 4.69) is 20.8 Å². The van der Waals surface area contributed by atoms with E-state index in [1.165, 1.54) is 0 Å². The number of amides is 1. The zero-order valence-electron chi connectivity index (χ0n) is 5.17. The molecule has 56 valence electrons. The zero-order valence-corrected chi connectivity index (χ0v) is 6.76. The van der Waals surface area contributed by atoms with Gasteiger partial charge in [-0.3, -0.25) is 4.79 Å². The fraction of sp³-hybridized carbons (Fsp3) is 0.600. The Morgan fingerprint density at radius 1 is 1.80 bits per heavy atom. The highest BCUT2D eigenvalue weighted by Crippen LogP contribution is 2.08. The lowest BCUT2D eigenvalue weighted by Gasteiger charge is -2.27. The number of carbonyl (C=O) groups excluding carboxylic acids is 2. The molecule has 1 fully saturated rings. The third-order valence-corrected chi connectivity index (χ3v) is 1.59. The van der Waals surface area contributed by atoms with Crippen molar-refractivity contribution in [2.24, 2.45) is 0 Å². The largest absolute Gasteiger partial charge is 0.342 e. The number of carbonyl (C=O) groups is 2. The van der Waals surface area contributed by atoms with Crippen molar-refractivity contribution in [1.82, 2.24) is 5.06 Å². The average Bonchev–Trinajstić information content (AvgIpc) is 1.96. The van der Waals surface area contributed by atoms with Gasteiger partial charge in [-0.25, -0.2) is 4.79 Å². The van der Waals surface area contributed by atoms with Crippen LogP contribution < -0.4 is 0 Å². The van der Waals surface area contributed by atoms with Gasteiger partial charge in [-0.15, -0.1) is 0 Å². The van der Waals surface area contributed by atoms with Crippen LogP contribution in [0.3, 0.4) is 0 Å². The summed E-state index contributed by atoms with van der Waals surface area (Å²) in [5.41, 5.74) is 0. The lowest BCUT2D eigenvalue weighted by Crippen LogP contribution is -2.44. The highest BCUT2D eigenvalue weighted by atomic mass is 79.9. The number of hydrogen-bond acceptors (Lipinski definition) is 3. The summed E-state index contributed by atoms with van der Waals surface area (Å²) in [6.07, 6.45) is 0.482. The van der Waals surface area contributed by atoms with Crippen LogP contribution in [-0.4, -0.2) is 28.8 Å². The molecule has 0 N–H and O–H groups in total. The van der Waals surface area contributed by atoms with Crippen molar-refractivity contribution >= 4 is 27.8 Å². The van der Waals surface area contributed by atoms with E-state index in [9.17, 15) is 9.59 Å². The molecular formula is C5H6BrNO3. The highest BCUT2D eigenvalue weighted by Gasteiger charge is 2.27. The molecule has 1 saturated heterocycles. The molecule has 0 bridgehead atoms. The van der Waals surface area contributed by atoms with Crippen LogP contribution in [0.1, 0.15) is 6.42 Å². The number of hydroxylamine groups is 2. The van der Waals surface area contributed by atoms with Crippen molar-refractivity contribution < 1.29 is 14.4 Å². The molecule has 0 aromatic carbocycles. The Hall–Kier alpha value is -0.580. The number of rotatable bonds is 2. The van der Waals surface area contributed by atoms with Gasteiger partial charge >= 0.3 is 5.97 Å². The summed E-state index contributed by atoms with van der Waals surface area (Å²) >= 11 is 2.90. The quantitative estimate of drug-likeness (QED) is 0.476. The molecule has 5 heteroatoms. The standard InChI is InChI=1S/C5H6BrNO3/c6-3-5(9)10-7-2-1-4(7)8/h1-3H2. The van der Waals surface area contributed by atoms with Crippen LogP contribution in [0.25, 0.3) is 0 Å².